The molecule has 0 N–H and O–H groups in total. The Morgan fingerprint density at radius 1 is 0.304 bits per heavy atom. The highest BCUT2D eigenvalue weighted by atomic mass is 15.1. The second-order valence-corrected chi connectivity index (χ2v) is 14.9. The van der Waals surface area contributed by atoms with Gasteiger partial charge in [-0.2, -0.15) is 0 Å². The summed E-state index contributed by atoms with van der Waals surface area (Å²) in [6.07, 6.45) is 0. The van der Waals surface area contributed by atoms with Crippen molar-refractivity contribution >= 4 is 71.2 Å². The van der Waals surface area contributed by atoms with E-state index in [1.807, 2.05) is 0 Å². The molecule has 1 aliphatic rings. The zero-order valence-corrected chi connectivity index (χ0v) is 30.5. The molecule has 1 heterocycles. The molecule has 10 aromatic carbocycles. The number of rotatable bonds is 5. The van der Waals surface area contributed by atoms with Crippen molar-refractivity contribution in [2.45, 2.75) is 0 Å². The third-order valence-corrected chi connectivity index (χ3v) is 11.8. The van der Waals surface area contributed by atoms with Crippen molar-refractivity contribution in [3.8, 4) is 39.1 Å². The molecule has 0 atom stereocenters. The van der Waals surface area contributed by atoms with Crippen molar-refractivity contribution in [1.29, 1.82) is 0 Å². The van der Waals surface area contributed by atoms with Crippen LogP contribution in [0.25, 0.3) is 93.2 Å². The van der Waals surface area contributed by atoms with E-state index < -0.39 is 0 Å². The van der Waals surface area contributed by atoms with Crippen molar-refractivity contribution in [1.82, 2.24) is 4.57 Å². The van der Waals surface area contributed by atoms with Crippen LogP contribution in [0.1, 0.15) is 0 Å². The van der Waals surface area contributed by atoms with E-state index in [4.69, 9.17) is 0 Å². The normalized spacial score (nSPS) is 11.9. The summed E-state index contributed by atoms with van der Waals surface area (Å²) in [5, 5.41) is 10.1. The van der Waals surface area contributed by atoms with Gasteiger partial charge in [-0.3, -0.25) is 0 Å². The minimum Gasteiger partial charge on any atom is -0.310 e. The maximum atomic E-state index is 2.45. The zero-order valence-electron chi connectivity index (χ0n) is 30.5. The Morgan fingerprint density at radius 3 is 1.84 bits per heavy atom. The van der Waals surface area contributed by atoms with Gasteiger partial charge in [0.15, 0.2) is 0 Å². The van der Waals surface area contributed by atoms with E-state index in [-0.39, 0.29) is 0 Å². The molecule has 0 unspecified atom stereocenters. The molecule has 56 heavy (non-hydrogen) atoms. The number of anilines is 3. The fraction of sp³-hybridized carbons (Fsp3) is 0. The first-order valence-electron chi connectivity index (χ1n) is 19.3. The Balaban J connectivity index is 1.11. The second-order valence-electron chi connectivity index (χ2n) is 14.9. The van der Waals surface area contributed by atoms with Gasteiger partial charge in [-0.1, -0.05) is 146 Å². The van der Waals surface area contributed by atoms with Gasteiger partial charge < -0.3 is 9.47 Å². The standard InChI is InChI=1S/C54H34N2/c1-2-15-40(16-3-1)56-52-23-9-8-21-47(52)48-29-28-42(34-53(48)56)55(43-31-39-14-11-22-49-45-19-6-7-20-46(45)51(33-43)54(39)49)41-17-10-13-37(30-41)38-27-26-36-25-24-35-12-4-5-18-44(35)50(36)32-38/h1-34H. The molecule has 1 aliphatic carbocycles. The summed E-state index contributed by atoms with van der Waals surface area (Å²) in [4.78, 5) is 2.45. The summed E-state index contributed by atoms with van der Waals surface area (Å²) in [6.45, 7) is 0. The van der Waals surface area contributed by atoms with E-state index in [1.54, 1.807) is 0 Å². The highest BCUT2D eigenvalue weighted by molar-refractivity contribution is 6.17. The third-order valence-electron chi connectivity index (χ3n) is 11.8. The highest BCUT2D eigenvalue weighted by Crippen LogP contribution is 2.50. The monoisotopic (exact) mass is 710 g/mol. The number of hydrogen-bond donors (Lipinski definition) is 0. The Labute approximate surface area is 324 Å². The van der Waals surface area contributed by atoms with Gasteiger partial charge in [-0.15, -0.1) is 0 Å². The van der Waals surface area contributed by atoms with Crippen molar-refractivity contribution in [3.63, 3.8) is 0 Å². The molecule has 0 fully saturated rings. The lowest BCUT2D eigenvalue weighted by molar-refractivity contribution is 1.18. The Hall–Kier alpha value is -7.42. The summed E-state index contributed by atoms with van der Waals surface area (Å²) in [5.41, 5.74) is 14.4. The Bertz CT molecular complexity index is 3370. The van der Waals surface area contributed by atoms with Gasteiger partial charge in [0.2, 0.25) is 0 Å². The van der Waals surface area contributed by atoms with Gasteiger partial charge in [-0.05, 0) is 126 Å². The third kappa shape index (κ3) is 4.63. The summed E-state index contributed by atoms with van der Waals surface area (Å²) in [5.74, 6) is 0. The van der Waals surface area contributed by atoms with Gasteiger partial charge in [0.25, 0.3) is 0 Å². The Kier molecular flexibility index (Phi) is 6.66. The van der Waals surface area contributed by atoms with Gasteiger partial charge in [0.1, 0.15) is 0 Å². The first-order chi connectivity index (χ1) is 27.8. The lowest BCUT2D eigenvalue weighted by atomic mass is 9.96. The predicted octanol–water partition coefficient (Wildman–Crippen LogP) is 15.0. The van der Waals surface area contributed by atoms with Crippen LogP contribution >= 0.6 is 0 Å². The van der Waals surface area contributed by atoms with Crippen LogP contribution in [0.2, 0.25) is 0 Å². The van der Waals surface area contributed by atoms with Crippen LogP contribution in [-0.2, 0) is 0 Å². The number of fused-ring (bicyclic) bond motifs is 9. The first kappa shape index (κ1) is 31.0. The van der Waals surface area contributed by atoms with Gasteiger partial charge in [0, 0.05) is 33.5 Å². The predicted molar refractivity (Wildman–Crippen MR) is 238 cm³/mol. The molecule has 12 rings (SSSR count). The minimum absolute atomic E-state index is 1.10. The van der Waals surface area contributed by atoms with E-state index in [0.717, 1.165) is 22.7 Å². The van der Waals surface area contributed by atoms with Crippen molar-refractivity contribution in [3.05, 3.63) is 206 Å². The molecule has 0 saturated carbocycles. The largest absolute Gasteiger partial charge is 0.310 e. The van der Waals surface area contributed by atoms with E-state index in [9.17, 15) is 0 Å². The topological polar surface area (TPSA) is 8.17 Å². The second kappa shape index (κ2) is 12.0. The molecular formula is C54H34N2. The number of aromatic nitrogens is 1. The van der Waals surface area contributed by atoms with Gasteiger partial charge in [0.05, 0.1) is 11.0 Å². The maximum Gasteiger partial charge on any atom is 0.0561 e. The van der Waals surface area contributed by atoms with Crippen LogP contribution in [-0.4, -0.2) is 4.57 Å². The zero-order chi connectivity index (χ0) is 36.7. The molecule has 0 amide bonds. The molecule has 0 aliphatic heterocycles. The van der Waals surface area contributed by atoms with E-state index in [0.29, 0.717) is 0 Å². The quantitative estimate of drug-likeness (QED) is 0.161. The van der Waals surface area contributed by atoms with Crippen LogP contribution in [0.3, 0.4) is 0 Å². The Morgan fingerprint density at radius 2 is 0.946 bits per heavy atom. The smallest absolute Gasteiger partial charge is 0.0561 e. The molecule has 0 bridgehead atoms. The molecule has 0 saturated heterocycles. The number of nitrogens with zero attached hydrogens (tertiary/aromatic N) is 2. The first-order valence-corrected chi connectivity index (χ1v) is 19.3. The molecule has 0 radical (unpaired) electrons. The van der Waals surface area contributed by atoms with Crippen LogP contribution in [0.5, 0.6) is 0 Å². The summed E-state index contributed by atoms with van der Waals surface area (Å²) in [7, 11) is 0. The van der Waals surface area contributed by atoms with Crippen molar-refractivity contribution in [2.75, 3.05) is 4.90 Å². The number of para-hydroxylation sites is 2. The van der Waals surface area contributed by atoms with E-state index in [1.165, 1.54) is 87.5 Å². The molecule has 260 valence electrons. The average molecular weight is 711 g/mol. The van der Waals surface area contributed by atoms with E-state index >= 15 is 0 Å². The molecular weight excluding hydrogens is 677 g/mol. The number of hydrogen-bond acceptors (Lipinski definition) is 1. The van der Waals surface area contributed by atoms with E-state index in [2.05, 4.69) is 216 Å². The van der Waals surface area contributed by atoms with Crippen LogP contribution in [0, 0.1) is 0 Å². The SMILES string of the molecule is c1ccc(-n2c3ccccc3c3ccc(N(c4cccc(-c5ccc6ccc7ccccc7c6c5)c4)c4cc5c6c(cccc6c4)-c4ccccc4-5)cc32)cc1. The fourth-order valence-corrected chi connectivity index (χ4v) is 9.34. The molecule has 2 nitrogen and oxygen atoms in total. The number of benzene rings is 10. The van der Waals surface area contributed by atoms with Crippen molar-refractivity contribution < 1.29 is 0 Å². The van der Waals surface area contributed by atoms with Crippen LogP contribution < -0.4 is 4.90 Å². The van der Waals surface area contributed by atoms with Crippen LogP contribution in [0.4, 0.5) is 17.1 Å². The molecule has 1 aromatic heterocycles. The average Bonchev–Trinajstić information content (AvgIpc) is 3.77. The fourth-order valence-electron chi connectivity index (χ4n) is 9.34. The molecule has 2 heteroatoms. The molecule has 0 spiro atoms. The highest BCUT2D eigenvalue weighted by Gasteiger charge is 2.24. The van der Waals surface area contributed by atoms with Gasteiger partial charge in [-0.25, -0.2) is 0 Å². The summed E-state index contributed by atoms with van der Waals surface area (Å²) >= 11 is 0. The summed E-state index contributed by atoms with van der Waals surface area (Å²) < 4.78 is 2.41. The maximum absolute atomic E-state index is 2.45. The van der Waals surface area contributed by atoms with Crippen LogP contribution in [0.15, 0.2) is 206 Å². The molecule has 11 aromatic rings. The minimum atomic E-state index is 1.10. The lowest BCUT2D eigenvalue weighted by Crippen LogP contribution is -2.10. The summed E-state index contributed by atoms with van der Waals surface area (Å²) in [6, 6.07) is 75.9. The van der Waals surface area contributed by atoms with Crippen molar-refractivity contribution in [2.24, 2.45) is 0 Å². The van der Waals surface area contributed by atoms with Gasteiger partial charge >= 0.3 is 0 Å². The lowest BCUT2D eigenvalue weighted by Gasteiger charge is -2.27.